The van der Waals surface area contributed by atoms with Crippen LogP contribution in [0.4, 0.5) is 0 Å². The van der Waals surface area contributed by atoms with Gasteiger partial charge in [0.2, 0.25) is 0 Å². The second-order valence-electron chi connectivity index (χ2n) is 2.00. The predicted octanol–water partition coefficient (Wildman–Crippen LogP) is -0.0401. The SMILES string of the molecule is N=c1ccccn1CCO. The normalized spacial score (nSPS) is 9.70. The minimum Gasteiger partial charge on any atom is -0.395 e. The van der Waals surface area contributed by atoms with E-state index in [2.05, 4.69) is 0 Å². The third kappa shape index (κ3) is 1.45. The molecule has 3 heteroatoms. The second-order valence-corrected chi connectivity index (χ2v) is 2.00. The number of aliphatic hydroxyl groups is 1. The number of rotatable bonds is 2. The van der Waals surface area contributed by atoms with Crippen LogP contribution < -0.4 is 5.49 Å². The van der Waals surface area contributed by atoms with E-state index in [0.29, 0.717) is 12.0 Å². The molecule has 3 nitrogen and oxygen atoms in total. The van der Waals surface area contributed by atoms with Crippen molar-refractivity contribution in [1.29, 1.82) is 5.41 Å². The fraction of sp³-hybridized carbons (Fsp3) is 0.286. The zero-order valence-electron chi connectivity index (χ0n) is 5.62. The minimum atomic E-state index is 0.0839. The molecular formula is C7H10N2O. The van der Waals surface area contributed by atoms with Crippen molar-refractivity contribution in [3.05, 3.63) is 29.9 Å². The first-order valence-corrected chi connectivity index (χ1v) is 3.15. The lowest BCUT2D eigenvalue weighted by atomic mass is 10.4. The van der Waals surface area contributed by atoms with Crippen LogP contribution in [0.25, 0.3) is 0 Å². The van der Waals surface area contributed by atoms with Crippen LogP contribution >= 0.6 is 0 Å². The maximum atomic E-state index is 8.54. The summed E-state index contributed by atoms with van der Waals surface area (Å²) in [5.41, 5.74) is 0.427. The molecule has 0 aliphatic carbocycles. The Balaban J connectivity index is 2.92. The Hall–Kier alpha value is -1.09. The first kappa shape index (κ1) is 7.02. The third-order valence-electron chi connectivity index (χ3n) is 1.28. The average molecular weight is 138 g/mol. The predicted molar refractivity (Wildman–Crippen MR) is 37.4 cm³/mol. The number of nitrogens with zero attached hydrogens (tertiary/aromatic N) is 1. The summed E-state index contributed by atoms with van der Waals surface area (Å²) in [7, 11) is 0. The Morgan fingerprint density at radius 2 is 2.30 bits per heavy atom. The molecule has 1 heterocycles. The Morgan fingerprint density at radius 3 is 2.90 bits per heavy atom. The lowest BCUT2D eigenvalue weighted by Gasteiger charge is -2.01. The molecule has 0 fully saturated rings. The molecule has 0 aromatic carbocycles. The van der Waals surface area contributed by atoms with Gasteiger partial charge in [0.1, 0.15) is 5.49 Å². The van der Waals surface area contributed by atoms with Crippen LogP contribution in [0.5, 0.6) is 0 Å². The summed E-state index contributed by atoms with van der Waals surface area (Å²) in [6.45, 7) is 0.584. The van der Waals surface area contributed by atoms with Gasteiger partial charge in [-0.2, -0.15) is 0 Å². The molecular weight excluding hydrogens is 128 g/mol. The molecule has 0 radical (unpaired) electrons. The minimum absolute atomic E-state index is 0.0839. The molecule has 1 aromatic rings. The van der Waals surface area contributed by atoms with Crippen LogP contribution in [0.1, 0.15) is 0 Å². The van der Waals surface area contributed by atoms with E-state index in [1.165, 1.54) is 0 Å². The maximum Gasteiger partial charge on any atom is 0.124 e. The van der Waals surface area contributed by atoms with Crippen molar-refractivity contribution in [3.63, 3.8) is 0 Å². The molecule has 1 rings (SSSR count). The fourth-order valence-corrected chi connectivity index (χ4v) is 0.779. The van der Waals surface area contributed by atoms with E-state index in [1.54, 1.807) is 22.9 Å². The van der Waals surface area contributed by atoms with Gasteiger partial charge in [-0.3, -0.25) is 5.41 Å². The molecule has 10 heavy (non-hydrogen) atoms. The zero-order valence-corrected chi connectivity index (χ0v) is 5.62. The first-order valence-electron chi connectivity index (χ1n) is 3.15. The topological polar surface area (TPSA) is 49.0 Å². The summed E-state index contributed by atoms with van der Waals surface area (Å²) in [6.07, 6.45) is 1.78. The van der Waals surface area contributed by atoms with Crippen LogP contribution in [0, 0.1) is 5.41 Å². The van der Waals surface area contributed by atoms with Crippen molar-refractivity contribution in [3.8, 4) is 0 Å². The van der Waals surface area contributed by atoms with Crippen molar-refractivity contribution in [1.82, 2.24) is 4.57 Å². The van der Waals surface area contributed by atoms with Crippen molar-refractivity contribution >= 4 is 0 Å². The van der Waals surface area contributed by atoms with Gasteiger partial charge in [-0.25, -0.2) is 0 Å². The van der Waals surface area contributed by atoms with Crippen molar-refractivity contribution in [2.75, 3.05) is 6.61 Å². The molecule has 0 spiro atoms. The van der Waals surface area contributed by atoms with E-state index in [1.807, 2.05) is 6.07 Å². The van der Waals surface area contributed by atoms with Crippen LogP contribution in [0.15, 0.2) is 24.4 Å². The Morgan fingerprint density at radius 1 is 1.50 bits per heavy atom. The van der Waals surface area contributed by atoms with Crippen LogP contribution in [-0.4, -0.2) is 16.3 Å². The summed E-state index contributed by atoms with van der Waals surface area (Å²) in [5, 5.41) is 15.9. The molecule has 0 unspecified atom stereocenters. The molecule has 0 aliphatic rings. The highest BCUT2D eigenvalue weighted by Gasteiger charge is 1.86. The molecule has 0 bridgehead atoms. The van der Waals surface area contributed by atoms with Crippen molar-refractivity contribution in [2.45, 2.75) is 6.54 Å². The van der Waals surface area contributed by atoms with E-state index < -0.39 is 0 Å². The molecule has 0 saturated heterocycles. The first-order chi connectivity index (χ1) is 4.84. The maximum absolute atomic E-state index is 8.54. The van der Waals surface area contributed by atoms with E-state index in [4.69, 9.17) is 10.5 Å². The standard InChI is InChI=1S/C7H10N2O/c8-7-3-1-2-4-9(7)5-6-10/h1-4,8,10H,5-6H2. The Labute approximate surface area is 59.1 Å². The Kier molecular flexibility index (Phi) is 2.23. The average Bonchev–Trinajstić information content (AvgIpc) is 1.94. The lowest BCUT2D eigenvalue weighted by Crippen LogP contribution is -2.19. The number of hydrogen-bond acceptors (Lipinski definition) is 2. The van der Waals surface area contributed by atoms with Crippen LogP contribution in [0.3, 0.4) is 0 Å². The molecule has 0 saturated carbocycles. The number of aromatic nitrogens is 1. The Bertz CT molecular complexity index is 254. The monoisotopic (exact) mass is 138 g/mol. The van der Waals surface area contributed by atoms with E-state index >= 15 is 0 Å². The van der Waals surface area contributed by atoms with Gasteiger partial charge in [0, 0.05) is 12.7 Å². The third-order valence-corrected chi connectivity index (χ3v) is 1.28. The van der Waals surface area contributed by atoms with Crippen molar-refractivity contribution < 1.29 is 5.11 Å². The van der Waals surface area contributed by atoms with Gasteiger partial charge in [-0.1, -0.05) is 6.07 Å². The highest BCUT2D eigenvalue weighted by atomic mass is 16.3. The summed E-state index contributed by atoms with van der Waals surface area (Å²) in [5.74, 6) is 0. The van der Waals surface area contributed by atoms with E-state index in [0.717, 1.165) is 0 Å². The summed E-state index contributed by atoms with van der Waals surface area (Å²) >= 11 is 0. The molecule has 0 amide bonds. The highest BCUT2D eigenvalue weighted by molar-refractivity contribution is 4.91. The van der Waals surface area contributed by atoms with Gasteiger partial charge in [0.05, 0.1) is 6.61 Å². The van der Waals surface area contributed by atoms with Gasteiger partial charge < -0.3 is 9.67 Å². The van der Waals surface area contributed by atoms with E-state index in [9.17, 15) is 0 Å². The molecule has 2 N–H and O–H groups in total. The van der Waals surface area contributed by atoms with Gasteiger partial charge in [-0.05, 0) is 12.1 Å². The van der Waals surface area contributed by atoms with Crippen LogP contribution in [0.2, 0.25) is 0 Å². The zero-order chi connectivity index (χ0) is 7.40. The van der Waals surface area contributed by atoms with Gasteiger partial charge >= 0.3 is 0 Å². The van der Waals surface area contributed by atoms with Crippen LogP contribution in [-0.2, 0) is 6.54 Å². The molecule has 0 aliphatic heterocycles. The molecule has 54 valence electrons. The number of hydrogen-bond donors (Lipinski definition) is 2. The molecule has 1 aromatic heterocycles. The fourth-order valence-electron chi connectivity index (χ4n) is 0.779. The second kappa shape index (κ2) is 3.17. The number of pyridine rings is 1. The van der Waals surface area contributed by atoms with Gasteiger partial charge in [0.15, 0.2) is 0 Å². The lowest BCUT2D eigenvalue weighted by molar-refractivity contribution is 0.273. The van der Waals surface area contributed by atoms with E-state index in [-0.39, 0.29) is 6.61 Å². The number of nitrogens with one attached hydrogen (secondary N) is 1. The largest absolute Gasteiger partial charge is 0.395 e. The van der Waals surface area contributed by atoms with Crippen molar-refractivity contribution in [2.24, 2.45) is 0 Å². The number of aliphatic hydroxyl groups excluding tert-OH is 1. The van der Waals surface area contributed by atoms with Gasteiger partial charge in [0.25, 0.3) is 0 Å². The summed E-state index contributed by atoms with van der Waals surface area (Å²) in [6, 6.07) is 5.33. The smallest absolute Gasteiger partial charge is 0.124 e. The van der Waals surface area contributed by atoms with Gasteiger partial charge in [-0.15, -0.1) is 0 Å². The highest BCUT2D eigenvalue weighted by Crippen LogP contribution is 1.79. The quantitative estimate of drug-likeness (QED) is 0.592. The summed E-state index contributed by atoms with van der Waals surface area (Å²) in [4.78, 5) is 0. The summed E-state index contributed by atoms with van der Waals surface area (Å²) < 4.78 is 1.68. The molecule has 0 atom stereocenters.